The second kappa shape index (κ2) is 25.4. The van der Waals surface area contributed by atoms with Gasteiger partial charge in [-0.3, -0.25) is 19.3 Å². The van der Waals surface area contributed by atoms with Crippen LogP contribution < -0.4 is 10.6 Å². The van der Waals surface area contributed by atoms with Gasteiger partial charge in [0.05, 0.1) is 48.4 Å². The van der Waals surface area contributed by atoms with Crippen molar-refractivity contribution in [2.75, 3.05) is 47.9 Å². The summed E-state index contributed by atoms with van der Waals surface area (Å²) in [6.45, 7) is 27.9. The van der Waals surface area contributed by atoms with Crippen molar-refractivity contribution < 1.29 is 67.6 Å². The Morgan fingerprint density at radius 3 is 2.04 bits per heavy atom. The number of hydrogen-bond acceptors (Lipinski definition) is 17. The fraction of sp³-hybridized carbons (Fsp3) is 0.939. The molecule has 67 heavy (non-hydrogen) atoms. The standard InChI is InChI=1S/C49H92N4O14/c1-19-36-49(14,59)41(56)33(10)51-44(57)29(6)25-47(12,60-17)42(67-46-39(55)35(52(15)16)24-30(7)62-46)31(8)40(32(9)45(58)64-36)66-38-26-48(13,61-18)43(34(11)63-38)65-37(54)20-21-50-22-23-53(27(2)3)28(4)5/h27-36,38-43,46,50,55-56,59H,19-26H2,1-18H3,(H,51,57)/t29-,30-,31+,32-,33-,34+,35+,36-,38+,39-,40+,41-,42-,43+,46+,47-,48-,49-/m1/s1. The number of ether oxygens (including phenoxy) is 8. The molecule has 1 amide bonds. The molecule has 18 nitrogen and oxygen atoms in total. The van der Waals surface area contributed by atoms with Gasteiger partial charge in [-0.15, -0.1) is 0 Å². The van der Waals surface area contributed by atoms with E-state index < -0.39 is 114 Å². The average molecular weight is 961 g/mol. The van der Waals surface area contributed by atoms with Crippen LogP contribution in [0.4, 0.5) is 0 Å². The number of methoxy groups -OCH3 is 2. The summed E-state index contributed by atoms with van der Waals surface area (Å²) in [6.07, 6.45) is -8.91. The summed E-state index contributed by atoms with van der Waals surface area (Å²) >= 11 is 0. The zero-order chi connectivity index (χ0) is 50.9. The van der Waals surface area contributed by atoms with Gasteiger partial charge in [0.25, 0.3) is 0 Å². The lowest BCUT2D eigenvalue weighted by molar-refractivity contribution is -0.320. The normalized spacial score (nSPS) is 40.9. The molecule has 3 rings (SSSR count). The summed E-state index contributed by atoms with van der Waals surface area (Å²) in [5.41, 5.74) is -4.37. The minimum absolute atomic E-state index is 0.0811. The van der Waals surface area contributed by atoms with Crippen molar-refractivity contribution in [3.63, 3.8) is 0 Å². The third kappa shape index (κ3) is 15.0. The molecular formula is C49H92N4O14. The minimum atomic E-state index is -1.98. The number of nitrogens with one attached hydrogen (secondary N) is 2. The summed E-state index contributed by atoms with van der Waals surface area (Å²) < 4.78 is 51.3. The number of likely N-dealkylation sites (N-methyl/N-ethyl adjacent to an activating group) is 1. The first kappa shape index (κ1) is 59.2. The predicted molar refractivity (Wildman–Crippen MR) is 253 cm³/mol. The monoisotopic (exact) mass is 961 g/mol. The molecule has 0 aromatic rings. The third-order valence-corrected chi connectivity index (χ3v) is 14.7. The van der Waals surface area contributed by atoms with Crippen LogP contribution in [-0.2, 0) is 52.3 Å². The molecule has 0 saturated carbocycles. The van der Waals surface area contributed by atoms with Crippen molar-refractivity contribution in [1.29, 1.82) is 0 Å². The Morgan fingerprint density at radius 1 is 0.896 bits per heavy atom. The van der Waals surface area contributed by atoms with E-state index in [1.54, 1.807) is 41.5 Å². The van der Waals surface area contributed by atoms with Crippen molar-refractivity contribution in [2.45, 2.75) is 231 Å². The number of aliphatic hydroxyl groups is 3. The fourth-order valence-electron chi connectivity index (χ4n) is 10.5. The molecule has 0 aromatic heterocycles. The molecule has 3 saturated heterocycles. The molecule has 392 valence electrons. The van der Waals surface area contributed by atoms with E-state index in [1.165, 1.54) is 21.1 Å². The maximum Gasteiger partial charge on any atom is 0.311 e. The average Bonchev–Trinajstić information content (AvgIpc) is 3.25. The number of nitrogens with zero attached hydrogens (tertiary/aromatic N) is 2. The molecule has 0 spiro atoms. The van der Waals surface area contributed by atoms with E-state index in [0.717, 1.165) is 13.1 Å². The van der Waals surface area contributed by atoms with Crippen LogP contribution in [0.15, 0.2) is 0 Å². The maximum absolute atomic E-state index is 14.5. The van der Waals surface area contributed by atoms with Gasteiger partial charge in [0.2, 0.25) is 5.91 Å². The lowest BCUT2D eigenvalue weighted by atomic mass is 9.77. The number of rotatable bonds is 17. The van der Waals surface area contributed by atoms with Gasteiger partial charge in [-0.25, -0.2) is 0 Å². The maximum atomic E-state index is 14.5. The molecule has 0 aromatic carbocycles. The highest BCUT2D eigenvalue weighted by Gasteiger charge is 2.54. The van der Waals surface area contributed by atoms with Gasteiger partial charge in [-0.1, -0.05) is 20.8 Å². The zero-order valence-electron chi connectivity index (χ0n) is 44.2. The molecule has 3 aliphatic rings. The quantitative estimate of drug-likeness (QED) is 0.104. The van der Waals surface area contributed by atoms with Crippen molar-refractivity contribution >= 4 is 17.8 Å². The predicted octanol–water partition coefficient (Wildman–Crippen LogP) is 3.39. The van der Waals surface area contributed by atoms with Gasteiger partial charge in [-0.05, 0) is 110 Å². The van der Waals surface area contributed by atoms with Crippen molar-refractivity contribution in [2.24, 2.45) is 17.8 Å². The van der Waals surface area contributed by atoms with E-state index in [9.17, 15) is 29.7 Å². The van der Waals surface area contributed by atoms with E-state index in [1.807, 2.05) is 39.8 Å². The molecule has 0 unspecified atom stereocenters. The molecule has 18 heteroatoms. The molecule has 0 radical (unpaired) electrons. The third-order valence-electron chi connectivity index (χ3n) is 14.7. The first-order valence-electron chi connectivity index (χ1n) is 24.7. The van der Waals surface area contributed by atoms with Crippen molar-refractivity contribution in [3.8, 4) is 0 Å². The highest BCUT2D eigenvalue weighted by Crippen LogP contribution is 2.41. The van der Waals surface area contributed by atoms with Gasteiger partial charge in [0.15, 0.2) is 18.7 Å². The molecule has 3 fully saturated rings. The van der Waals surface area contributed by atoms with Crippen LogP contribution >= 0.6 is 0 Å². The van der Waals surface area contributed by atoms with Gasteiger partial charge in [0, 0.05) is 70.2 Å². The van der Waals surface area contributed by atoms with Crippen LogP contribution in [-0.4, -0.2) is 193 Å². The van der Waals surface area contributed by atoms with Crippen LogP contribution in [0.5, 0.6) is 0 Å². The molecule has 0 bridgehead atoms. The Bertz CT molecular complexity index is 1550. The number of aliphatic hydroxyl groups excluding tert-OH is 2. The Morgan fingerprint density at radius 2 is 1.49 bits per heavy atom. The Labute approximate surface area is 402 Å². The van der Waals surface area contributed by atoms with Gasteiger partial charge >= 0.3 is 11.9 Å². The Balaban J connectivity index is 2.06. The smallest absolute Gasteiger partial charge is 0.311 e. The molecule has 5 N–H and O–H groups in total. The topological polar surface area (TPSA) is 216 Å². The van der Waals surface area contributed by atoms with Crippen molar-refractivity contribution in [1.82, 2.24) is 20.4 Å². The number of hydrogen-bond donors (Lipinski definition) is 5. The second-order valence-corrected chi connectivity index (χ2v) is 21.1. The van der Waals surface area contributed by atoms with E-state index >= 15 is 0 Å². The number of carbonyl (C=O) groups excluding carboxylic acids is 3. The van der Waals surface area contributed by atoms with E-state index in [4.69, 9.17) is 37.9 Å². The highest BCUT2D eigenvalue weighted by atomic mass is 16.7. The molecule has 3 heterocycles. The fourth-order valence-corrected chi connectivity index (χ4v) is 10.5. The Kier molecular flexibility index (Phi) is 22.4. The van der Waals surface area contributed by atoms with Crippen LogP contribution in [0.2, 0.25) is 0 Å². The number of carbonyl (C=O) groups is 3. The number of esters is 2. The summed E-state index contributed by atoms with van der Waals surface area (Å²) in [6, 6.07) is -0.456. The Hall–Kier alpha value is -2.07. The van der Waals surface area contributed by atoms with Crippen LogP contribution in [0.1, 0.15) is 129 Å². The van der Waals surface area contributed by atoms with Crippen LogP contribution in [0.3, 0.4) is 0 Å². The minimum Gasteiger partial charge on any atom is -0.459 e. The molecule has 0 aliphatic carbocycles. The van der Waals surface area contributed by atoms with E-state index in [0.29, 0.717) is 25.0 Å². The second-order valence-electron chi connectivity index (χ2n) is 21.1. The van der Waals surface area contributed by atoms with Crippen LogP contribution in [0, 0.1) is 17.8 Å². The van der Waals surface area contributed by atoms with Gasteiger partial charge in [0.1, 0.15) is 29.5 Å². The molecule has 18 atom stereocenters. The largest absolute Gasteiger partial charge is 0.459 e. The lowest BCUT2D eigenvalue weighted by Crippen LogP contribution is -2.61. The lowest BCUT2D eigenvalue weighted by Gasteiger charge is -2.49. The highest BCUT2D eigenvalue weighted by molar-refractivity contribution is 5.78. The summed E-state index contributed by atoms with van der Waals surface area (Å²) in [5, 5.41) is 41.2. The first-order valence-corrected chi connectivity index (χ1v) is 24.7. The van der Waals surface area contributed by atoms with Gasteiger partial charge in [-0.2, -0.15) is 0 Å². The summed E-state index contributed by atoms with van der Waals surface area (Å²) in [4.78, 5) is 46.1. The summed E-state index contributed by atoms with van der Waals surface area (Å²) in [7, 11) is 6.80. The first-order chi connectivity index (χ1) is 31.1. The zero-order valence-corrected chi connectivity index (χ0v) is 44.2. The van der Waals surface area contributed by atoms with E-state index in [-0.39, 0.29) is 37.8 Å². The van der Waals surface area contributed by atoms with Crippen LogP contribution in [0.25, 0.3) is 0 Å². The number of cyclic esters (lactones) is 1. The molecular weight excluding hydrogens is 869 g/mol. The SMILES string of the molecule is CC[C@H]1OC(=O)[C@H](C)[C@@H](O[C@H]2C[C@@](C)(OC)[C@@H](OC(=O)CCNCCN(C(C)C)C(C)C)[C@H](C)O2)[C@H](C)[C@@H](O[C@@H]2O[C@H](C)C[C@H](N(C)C)[C@H]2O)[C@](C)(OC)C[C@@H](C)C(=O)N[C@H](C)[C@@H](O)[C@]1(C)O. The van der Waals surface area contributed by atoms with Crippen molar-refractivity contribution in [3.05, 3.63) is 0 Å². The van der Waals surface area contributed by atoms with Gasteiger partial charge < -0.3 is 68.7 Å². The summed E-state index contributed by atoms with van der Waals surface area (Å²) in [5.74, 6) is -4.14. The van der Waals surface area contributed by atoms with E-state index in [2.05, 4.69) is 43.2 Å². The number of amides is 1. The molecule has 3 aliphatic heterocycles.